The number of nitrogens with one attached hydrogen (secondary N) is 1. The predicted molar refractivity (Wildman–Crippen MR) is 86.8 cm³/mol. The lowest BCUT2D eigenvalue weighted by atomic mass is 10.2. The Morgan fingerprint density at radius 2 is 2.30 bits per heavy atom. The first-order chi connectivity index (χ1) is 11.2. The number of carbonyl (C=O) groups is 1. The molecule has 0 aliphatic carbocycles. The molecule has 2 heterocycles. The Labute approximate surface area is 136 Å². The number of aromatic nitrogens is 1. The molecule has 2 N–H and O–H groups in total. The van der Waals surface area contributed by atoms with Gasteiger partial charge < -0.3 is 19.6 Å². The maximum atomic E-state index is 12.1. The predicted octanol–water partition coefficient (Wildman–Crippen LogP) is 3.30. The molecule has 0 spiro atoms. The van der Waals surface area contributed by atoms with Crippen LogP contribution in [0.25, 0.3) is 10.6 Å². The van der Waals surface area contributed by atoms with Crippen molar-refractivity contribution in [3.8, 4) is 22.1 Å². The Balaban J connectivity index is 1.64. The van der Waals surface area contributed by atoms with Gasteiger partial charge in [0.2, 0.25) is 5.91 Å². The van der Waals surface area contributed by atoms with Gasteiger partial charge in [-0.05, 0) is 18.2 Å². The van der Waals surface area contributed by atoms with Crippen LogP contribution >= 0.6 is 11.3 Å². The average molecular weight is 330 g/mol. The minimum atomic E-state index is -0.210. The van der Waals surface area contributed by atoms with Crippen molar-refractivity contribution in [2.24, 2.45) is 0 Å². The van der Waals surface area contributed by atoms with E-state index in [2.05, 4.69) is 10.3 Å². The van der Waals surface area contributed by atoms with Crippen molar-refractivity contribution in [1.29, 1.82) is 0 Å². The van der Waals surface area contributed by atoms with Crippen LogP contribution in [0, 0.1) is 0 Å². The molecule has 23 heavy (non-hydrogen) atoms. The van der Waals surface area contributed by atoms with Crippen molar-refractivity contribution in [2.75, 3.05) is 12.4 Å². The smallest absolute Gasteiger partial charge is 0.230 e. The standard InChI is InChI=1S/C16H14N2O4S/c1-21-14-3-2-11(6-13(14)19)17-15(20)7-12-9-23-16(18-12)10-4-5-22-8-10/h2-6,8-9,19H,7H2,1H3,(H,17,20). The maximum Gasteiger partial charge on any atom is 0.230 e. The number of nitrogens with zero attached hydrogens (tertiary/aromatic N) is 1. The number of phenols is 1. The second kappa shape index (κ2) is 6.53. The van der Waals surface area contributed by atoms with E-state index in [4.69, 9.17) is 9.15 Å². The number of ether oxygens (including phenoxy) is 1. The largest absolute Gasteiger partial charge is 0.504 e. The third kappa shape index (κ3) is 3.51. The van der Waals surface area contributed by atoms with Crippen molar-refractivity contribution < 1.29 is 19.1 Å². The zero-order valence-corrected chi connectivity index (χ0v) is 13.1. The maximum absolute atomic E-state index is 12.1. The summed E-state index contributed by atoms with van der Waals surface area (Å²) in [7, 11) is 1.47. The van der Waals surface area contributed by atoms with E-state index in [1.807, 2.05) is 11.4 Å². The Morgan fingerprint density at radius 1 is 1.43 bits per heavy atom. The second-order valence-electron chi connectivity index (χ2n) is 4.77. The van der Waals surface area contributed by atoms with Crippen LogP contribution in [0.1, 0.15) is 5.69 Å². The molecular weight excluding hydrogens is 316 g/mol. The molecule has 118 valence electrons. The van der Waals surface area contributed by atoms with Gasteiger partial charge in [0.1, 0.15) is 11.3 Å². The Kier molecular flexibility index (Phi) is 4.29. The molecule has 0 aliphatic heterocycles. The van der Waals surface area contributed by atoms with Crippen LogP contribution in [-0.2, 0) is 11.2 Å². The molecule has 0 fully saturated rings. The van der Waals surface area contributed by atoms with E-state index >= 15 is 0 Å². The van der Waals surface area contributed by atoms with E-state index in [0.29, 0.717) is 17.1 Å². The summed E-state index contributed by atoms with van der Waals surface area (Å²) >= 11 is 1.46. The van der Waals surface area contributed by atoms with Crippen LogP contribution in [0.2, 0.25) is 0 Å². The number of aromatic hydroxyl groups is 1. The van der Waals surface area contributed by atoms with Crippen LogP contribution in [0.4, 0.5) is 5.69 Å². The topological polar surface area (TPSA) is 84.6 Å². The molecular formula is C16H14N2O4S. The molecule has 2 aromatic heterocycles. The highest BCUT2D eigenvalue weighted by Gasteiger charge is 2.11. The van der Waals surface area contributed by atoms with E-state index in [1.54, 1.807) is 24.7 Å². The van der Waals surface area contributed by atoms with Gasteiger partial charge in [0.25, 0.3) is 0 Å². The Hall–Kier alpha value is -2.80. The van der Waals surface area contributed by atoms with Gasteiger partial charge in [-0.25, -0.2) is 4.98 Å². The number of benzene rings is 1. The normalized spacial score (nSPS) is 10.5. The first-order valence-corrected chi connectivity index (χ1v) is 7.67. The fourth-order valence-corrected chi connectivity index (χ4v) is 2.85. The molecule has 0 saturated heterocycles. The first kappa shape index (κ1) is 15.1. The molecule has 6 nitrogen and oxygen atoms in total. The van der Waals surface area contributed by atoms with E-state index in [9.17, 15) is 9.90 Å². The summed E-state index contributed by atoms with van der Waals surface area (Å²) in [4.78, 5) is 16.5. The number of carbonyl (C=O) groups excluding carboxylic acids is 1. The first-order valence-electron chi connectivity index (χ1n) is 6.79. The van der Waals surface area contributed by atoms with Gasteiger partial charge in [-0.15, -0.1) is 11.3 Å². The van der Waals surface area contributed by atoms with Gasteiger partial charge in [-0.3, -0.25) is 4.79 Å². The highest BCUT2D eigenvalue weighted by atomic mass is 32.1. The number of hydrogen-bond donors (Lipinski definition) is 2. The highest BCUT2D eigenvalue weighted by molar-refractivity contribution is 7.13. The minimum Gasteiger partial charge on any atom is -0.504 e. The SMILES string of the molecule is COc1ccc(NC(=O)Cc2csc(-c3ccoc3)n2)cc1O. The Bertz CT molecular complexity index is 811. The van der Waals surface area contributed by atoms with Crippen LogP contribution in [0.15, 0.2) is 46.6 Å². The van der Waals surface area contributed by atoms with Crippen molar-refractivity contribution in [1.82, 2.24) is 4.98 Å². The third-order valence-corrected chi connectivity index (χ3v) is 4.06. The number of thiazole rings is 1. The summed E-state index contributed by atoms with van der Waals surface area (Å²) in [6.45, 7) is 0. The summed E-state index contributed by atoms with van der Waals surface area (Å²) in [5.74, 6) is 0.118. The van der Waals surface area contributed by atoms with Crippen LogP contribution in [0.5, 0.6) is 11.5 Å². The van der Waals surface area contributed by atoms with Crippen LogP contribution < -0.4 is 10.1 Å². The van der Waals surface area contributed by atoms with Gasteiger partial charge in [0.15, 0.2) is 11.5 Å². The van der Waals surface area contributed by atoms with Gasteiger partial charge in [-0.1, -0.05) is 0 Å². The average Bonchev–Trinajstić information content (AvgIpc) is 3.18. The number of amides is 1. The van der Waals surface area contributed by atoms with Crippen molar-refractivity contribution in [3.63, 3.8) is 0 Å². The fourth-order valence-electron chi connectivity index (χ4n) is 2.04. The molecule has 0 unspecified atom stereocenters. The van der Waals surface area contributed by atoms with Gasteiger partial charge in [0.05, 0.1) is 25.5 Å². The number of methoxy groups -OCH3 is 1. The molecule has 0 radical (unpaired) electrons. The highest BCUT2D eigenvalue weighted by Crippen LogP contribution is 2.29. The molecule has 1 amide bonds. The minimum absolute atomic E-state index is 0.0267. The molecule has 0 aliphatic rings. The molecule has 3 rings (SSSR count). The van der Waals surface area contributed by atoms with Crippen LogP contribution in [0.3, 0.4) is 0 Å². The zero-order valence-electron chi connectivity index (χ0n) is 12.3. The quantitative estimate of drug-likeness (QED) is 0.750. The number of hydrogen-bond acceptors (Lipinski definition) is 6. The fraction of sp³-hybridized carbons (Fsp3) is 0.125. The van der Waals surface area contributed by atoms with Gasteiger partial charge in [-0.2, -0.15) is 0 Å². The van der Waals surface area contributed by atoms with E-state index in [-0.39, 0.29) is 18.1 Å². The second-order valence-corrected chi connectivity index (χ2v) is 5.63. The van der Waals surface area contributed by atoms with Crippen LogP contribution in [-0.4, -0.2) is 23.1 Å². The molecule has 0 atom stereocenters. The molecule has 1 aromatic carbocycles. The van der Waals surface area contributed by atoms with E-state index in [0.717, 1.165) is 10.6 Å². The lowest BCUT2D eigenvalue weighted by Crippen LogP contribution is -2.14. The summed E-state index contributed by atoms with van der Waals surface area (Å²) < 4.78 is 9.98. The van der Waals surface area contributed by atoms with Crippen molar-refractivity contribution in [2.45, 2.75) is 6.42 Å². The zero-order chi connectivity index (χ0) is 16.2. The summed E-state index contributed by atoms with van der Waals surface area (Å²) in [5.41, 5.74) is 2.07. The summed E-state index contributed by atoms with van der Waals surface area (Å²) in [6.07, 6.45) is 3.35. The number of phenolic OH excluding ortho intramolecular Hbond substituents is 1. The van der Waals surface area contributed by atoms with Gasteiger partial charge in [0, 0.05) is 22.7 Å². The van der Waals surface area contributed by atoms with E-state index < -0.39 is 0 Å². The number of rotatable bonds is 5. The molecule has 0 bridgehead atoms. The summed E-state index contributed by atoms with van der Waals surface area (Å²) in [5, 5.41) is 15.1. The van der Waals surface area contributed by atoms with E-state index in [1.165, 1.54) is 24.5 Å². The number of furan rings is 1. The lowest BCUT2D eigenvalue weighted by molar-refractivity contribution is -0.115. The summed E-state index contributed by atoms with van der Waals surface area (Å²) in [6, 6.07) is 6.51. The van der Waals surface area contributed by atoms with Crippen molar-refractivity contribution in [3.05, 3.63) is 47.9 Å². The monoisotopic (exact) mass is 330 g/mol. The molecule has 7 heteroatoms. The lowest BCUT2D eigenvalue weighted by Gasteiger charge is -2.07. The molecule has 3 aromatic rings. The molecule has 0 saturated carbocycles. The van der Waals surface area contributed by atoms with Crippen molar-refractivity contribution >= 4 is 22.9 Å². The van der Waals surface area contributed by atoms with Gasteiger partial charge >= 0.3 is 0 Å². The number of anilines is 1. The Morgan fingerprint density at radius 3 is 3.00 bits per heavy atom. The third-order valence-electron chi connectivity index (χ3n) is 3.12.